The van der Waals surface area contributed by atoms with Crippen LogP contribution in [0.1, 0.15) is 17.6 Å². The highest BCUT2D eigenvalue weighted by Crippen LogP contribution is 2.29. The van der Waals surface area contributed by atoms with Crippen LogP contribution in [0, 0.1) is 0 Å². The quantitative estimate of drug-likeness (QED) is 0.822. The molecule has 1 N–H and O–H groups in total. The number of rotatable bonds is 4. The standard InChI is InChI=1S/C12H13F2NO2/c1-15-11(16)6-4-8-3-5-10(17-2)9(7-8)12(13)14/h3-7,12H,1-2H3,(H,15,16). The largest absolute Gasteiger partial charge is 0.496 e. The summed E-state index contributed by atoms with van der Waals surface area (Å²) in [6.07, 6.45) is 0.125. The van der Waals surface area contributed by atoms with Gasteiger partial charge in [0.25, 0.3) is 6.43 Å². The minimum Gasteiger partial charge on any atom is -0.496 e. The van der Waals surface area contributed by atoms with Crippen LogP contribution in [0.15, 0.2) is 24.3 Å². The molecule has 5 heteroatoms. The zero-order chi connectivity index (χ0) is 12.8. The van der Waals surface area contributed by atoms with Crippen molar-refractivity contribution in [3.05, 3.63) is 35.4 Å². The second kappa shape index (κ2) is 5.98. The van der Waals surface area contributed by atoms with Gasteiger partial charge in [-0.2, -0.15) is 0 Å². The lowest BCUT2D eigenvalue weighted by atomic mass is 10.1. The molecule has 0 heterocycles. The van der Waals surface area contributed by atoms with Crippen LogP contribution in [0.4, 0.5) is 8.78 Å². The molecule has 0 radical (unpaired) electrons. The van der Waals surface area contributed by atoms with Gasteiger partial charge >= 0.3 is 0 Å². The molecule has 0 aliphatic carbocycles. The Kier molecular flexibility index (Phi) is 4.63. The Hall–Kier alpha value is -1.91. The van der Waals surface area contributed by atoms with E-state index in [1.54, 1.807) is 6.07 Å². The van der Waals surface area contributed by atoms with E-state index >= 15 is 0 Å². The van der Waals surface area contributed by atoms with E-state index in [4.69, 9.17) is 4.74 Å². The predicted molar refractivity (Wildman–Crippen MR) is 61.1 cm³/mol. The molecule has 0 aliphatic rings. The summed E-state index contributed by atoms with van der Waals surface area (Å²) in [4.78, 5) is 11.0. The van der Waals surface area contributed by atoms with Gasteiger partial charge in [0.05, 0.1) is 12.7 Å². The van der Waals surface area contributed by atoms with Crippen molar-refractivity contribution in [2.24, 2.45) is 0 Å². The number of hydrogen-bond acceptors (Lipinski definition) is 2. The minimum atomic E-state index is -2.61. The Labute approximate surface area is 98.1 Å². The molecule has 0 spiro atoms. The zero-order valence-electron chi connectivity index (χ0n) is 9.54. The number of hydrogen-bond donors (Lipinski definition) is 1. The average molecular weight is 241 g/mol. The van der Waals surface area contributed by atoms with Crippen molar-refractivity contribution < 1.29 is 18.3 Å². The summed E-state index contributed by atoms with van der Waals surface area (Å²) >= 11 is 0. The van der Waals surface area contributed by atoms with Crippen molar-refractivity contribution >= 4 is 12.0 Å². The molecule has 0 unspecified atom stereocenters. The predicted octanol–water partition coefficient (Wildman–Crippen LogP) is 2.39. The molecule has 0 saturated carbocycles. The number of amides is 1. The lowest BCUT2D eigenvalue weighted by Gasteiger charge is -2.08. The smallest absolute Gasteiger partial charge is 0.267 e. The maximum atomic E-state index is 12.7. The van der Waals surface area contributed by atoms with Crippen LogP contribution >= 0.6 is 0 Å². The molecule has 0 aliphatic heterocycles. The summed E-state index contributed by atoms with van der Waals surface area (Å²) in [5.41, 5.74) is 0.330. The van der Waals surface area contributed by atoms with Crippen LogP contribution in [0.3, 0.4) is 0 Å². The third-order valence-electron chi connectivity index (χ3n) is 2.16. The third kappa shape index (κ3) is 3.55. The van der Waals surface area contributed by atoms with Gasteiger partial charge in [-0.1, -0.05) is 6.07 Å². The van der Waals surface area contributed by atoms with E-state index < -0.39 is 6.43 Å². The highest BCUT2D eigenvalue weighted by atomic mass is 19.3. The first kappa shape index (κ1) is 13.2. The number of carbonyl (C=O) groups excluding carboxylic acids is 1. The molecule has 1 rings (SSSR count). The molecule has 92 valence electrons. The van der Waals surface area contributed by atoms with Crippen molar-refractivity contribution in [2.45, 2.75) is 6.43 Å². The van der Waals surface area contributed by atoms with E-state index in [1.807, 2.05) is 0 Å². The third-order valence-corrected chi connectivity index (χ3v) is 2.16. The molecule has 0 atom stereocenters. The van der Waals surface area contributed by atoms with E-state index in [-0.39, 0.29) is 17.2 Å². The Balaban J connectivity index is 3.00. The van der Waals surface area contributed by atoms with E-state index in [0.717, 1.165) is 0 Å². The number of nitrogens with one attached hydrogen (secondary N) is 1. The first-order valence-electron chi connectivity index (χ1n) is 4.94. The Morgan fingerprint density at radius 3 is 2.71 bits per heavy atom. The number of methoxy groups -OCH3 is 1. The van der Waals surface area contributed by atoms with Gasteiger partial charge in [-0.3, -0.25) is 4.79 Å². The molecule has 0 bridgehead atoms. The number of benzene rings is 1. The maximum absolute atomic E-state index is 12.7. The molecule has 17 heavy (non-hydrogen) atoms. The molecule has 0 saturated heterocycles. The van der Waals surface area contributed by atoms with E-state index in [1.165, 1.54) is 38.4 Å². The van der Waals surface area contributed by atoms with E-state index in [0.29, 0.717) is 5.56 Å². The number of carbonyl (C=O) groups is 1. The summed E-state index contributed by atoms with van der Waals surface area (Å²) in [6.45, 7) is 0. The molecule has 0 fully saturated rings. The van der Waals surface area contributed by atoms with Crippen LogP contribution in [0.25, 0.3) is 6.08 Å². The number of alkyl halides is 2. The van der Waals surface area contributed by atoms with Crippen molar-refractivity contribution in [2.75, 3.05) is 14.2 Å². The zero-order valence-corrected chi connectivity index (χ0v) is 9.54. The molecule has 0 aromatic heterocycles. The van der Waals surface area contributed by atoms with E-state index in [2.05, 4.69) is 5.32 Å². The van der Waals surface area contributed by atoms with Gasteiger partial charge in [0, 0.05) is 13.1 Å². The molecule has 1 amide bonds. The molecular formula is C12H13F2NO2. The SMILES string of the molecule is CNC(=O)C=Cc1ccc(OC)c(C(F)F)c1. The van der Waals surface area contributed by atoms with Gasteiger partial charge in [0.15, 0.2) is 0 Å². The topological polar surface area (TPSA) is 38.3 Å². The van der Waals surface area contributed by atoms with Gasteiger partial charge < -0.3 is 10.1 Å². The second-order valence-corrected chi connectivity index (χ2v) is 3.25. The lowest BCUT2D eigenvalue weighted by Crippen LogP contribution is -2.13. The lowest BCUT2D eigenvalue weighted by molar-refractivity contribution is -0.115. The van der Waals surface area contributed by atoms with Crippen molar-refractivity contribution in [1.29, 1.82) is 0 Å². The van der Waals surface area contributed by atoms with Crippen molar-refractivity contribution in [3.63, 3.8) is 0 Å². The Morgan fingerprint density at radius 2 is 2.18 bits per heavy atom. The number of ether oxygens (including phenoxy) is 1. The van der Waals surface area contributed by atoms with Crippen LogP contribution in [-0.4, -0.2) is 20.1 Å². The van der Waals surface area contributed by atoms with Crippen molar-refractivity contribution in [1.82, 2.24) is 5.32 Å². The molecule has 1 aromatic rings. The summed E-state index contributed by atoms with van der Waals surface area (Å²) in [5.74, 6) is -0.156. The van der Waals surface area contributed by atoms with Crippen LogP contribution < -0.4 is 10.1 Å². The van der Waals surface area contributed by atoms with Gasteiger partial charge in [0.1, 0.15) is 5.75 Å². The highest BCUT2D eigenvalue weighted by Gasteiger charge is 2.13. The average Bonchev–Trinajstić information content (AvgIpc) is 2.35. The highest BCUT2D eigenvalue weighted by molar-refractivity contribution is 5.91. The van der Waals surface area contributed by atoms with Crippen LogP contribution in [-0.2, 0) is 4.79 Å². The van der Waals surface area contributed by atoms with Gasteiger partial charge in [-0.25, -0.2) is 8.78 Å². The number of halogens is 2. The summed E-state index contributed by atoms with van der Waals surface area (Å²) in [7, 11) is 2.83. The Bertz CT molecular complexity index is 431. The summed E-state index contributed by atoms with van der Waals surface area (Å²) in [5, 5.41) is 2.40. The molecule has 1 aromatic carbocycles. The van der Waals surface area contributed by atoms with Gasteiger partial charge in [-0.15, -0.1) is 0 Å². The Morgan fingerprint density at radius 1 is 1.47 bits per heavy atom. The molecular weight excluding hydrogens is 228 g/mol. The van der Waals surface area contributed by atoms with Crippen LogP contribution in [0.5, 0.6) is 5.75 Å². The number of likely N-dealkylation sites (N-methyl/N-ethyl adjacent to an activating group) is 1. The van der Waals surface area contributed by atoms with Gasteiger partial charge in [-0.05, 0) is 23.8 Å². The summed E-state index contributed by atoms with van der Waals surface area (Å²) in [6, 6.07) is 4.35. The summed E-state index contributed by atoms with van der Waals surface area (Å²) < 4.78 is 30.2. The maximum Gasteiger partial charge on any atom is 0.267 e. The molecule has 3 nitrogen and oxygen atoms in total. The fraction of sp³-hybridized carbons (Fsp3) is 0.250. The van der Waals surface area contributed by atoms with Crippen molar-refractivity contribution in [3.8, 4) is 5.75 Å². The van der Waals surface area contributed by atoms with Crippen LogP contribution in [0.2, 0.25) is 0 Å². The minimum absolute atomic E-state index is 0.136. The second-order valence-electron chi connectivity index (χ2n) is 3.25. The monoisotopic (exact) mass is 241 g/mol. The fourth-order valence-electron chi connectivity index (χ4n) is 1.28. The fourth-order valence-corrected chi connectivity index (χ4v) is 1.28. The van der Waals surface area contributed by atoms with E-state index in [9.17, 15) is 13.6 Å². The normalized spacial score (nSPS) is 10.9. The first-order chi connectivity index (χ1) is 8.08. The van der Waals surface area contributed by atoms with Gasteiger partial charge in [0.2, 0.25) is 5.91 Å². The first-order valence-corrected chi connectivity index (χ1v) is 4.94.